The monoisotopic (exact) mass is 406 g/mol. The summed E-state index contributed by atoms with van der Waals surface area (Å²) in [6.45, 7) is 11.7. The lowest BCUT2D eigenvalue weighted by molar-refractivity contribution is 0.222. The molecule has 2 saturated heterocycles. The predicted molar refractivity (Wildman–Crippen MR) is 109 cm³/mol. The molecule has 2 aromatic rings. The molecular formula is C20H30N4O3S. The molecular weight excluding hydrogens is 376 g/mol. The molecule has 2 aliphatic heterocycles. The number of piperidine rings is 2. The summed E-state index contributed by atoms with van der Waals surface area (Å²) < 4.78 is 33.4. The van der Waals surface area contributed by atoms with Gasteiger partial charge in [-0.2, -0.15) is 4.31 Å². The fourth-order valence-electron chi connectivity index (χ4n) is 5.09. The normalized spacial score (nSPS) is 30.1. The minimum atomic E-state index is -3.64. The average Bonchev–Trinajstić information content (AvgIpc) is 3.08. The number of fused-ring (bicyclic) bond motifs is 1. The molecule has 0 radical (unpaired) electrons. The number of aromatic nitrogens is 2. The molecule has 0 spiro atoms. The quantitative estimate of drug-likeness (QED) is 0.777. The first kappa shape index (κ1) is 19.6. The van der Waals surface area contributed by atoms with Crippen LogP contribution in [0.5, 0.6) is 0 Å². The number of hydrogen-bond acceptors (Lipinski definition) is 6. The minimum Gasteiger partial charge on any atom is -0.369 e. The van der Waals surface area contributed by atoms with E-state index in [9.17, 15) is 8.42 Å². The van der Waals surface area contributed by atoms with Crippen LogP contribution in [-0.4, -0.2) is 49.2 Å². The first-order chi connectivity index (χ1) is 13.3. The minimum absolute atomic E-state index is 0.201. The topological polar surface area (TPSA) is 79.5 Å². The highest BCUT2D eigenvalue weighted by Gasteiger charge is 2.35. The highest BCUT2D eigenvalue weighted by atomic mass is 32.2. The van der Waals surface area contributed by atoms with E-state index in [2.05, 4.69) is 42.9 Å². The lowest BCUT2D eigenvalue weighted by atomic mass is 9.91. The average molecular weight is 407 g/mol. The molecule has 0 bridgehead atoms. The Morgan fingerprint density at radius 2 is 1.39 bits per heavy atom. The fourth-order valence-corrected chi connectivity index (χ4v) is 6.89. The van der Waals surface area contributed by atoms with E-state index in [-0.39, 0.29) is 4.90 Å². The van der Waals surface area contributed by atoms with E-state index in [1.165, 1.54) is 6.42 Å². The molecule has 7 nitrogen and oxygen atoms in total. The van der Waals surface area contributed by atoms with Crippen molar-refractivity contribution in [1.82, 2.24) is 14.6 Å². The molecule has 4 atom stereocenters. The molecule has 154 valence electrons. The summed E-state index contributed by atoms with van der Waals surface area (Å²) in [6.07, 6.45) is 2.26. The third-order valence-corrected chi connectivity index (χ3v) is 7.88. The third kappa shape index (κ3) is 3.52. The van der Waals surface area contributed by atoms with Gasteiger partial charge in [0.15, 0.2) is 11.0 Å². The highest BCUT2D eigenvalue weighted by molar-refractivity contribution is 7.89. The van der Waals surface area contributed by atoms with Crippen LogP contribution in [0.3, 0.4) is 0 Å². The van der Waals surface area contributed by atoms with Crippen molar-refractivity contribution in [3.63, 3.8) is 0 Å². The van der Waals surface area contributed by atoms with Crippen LogP contribution in [0.15, 0.2) is 21.7 Å². The van der Waals surface area contributed by atoms with Crippen molar-refractivity contribution in [3.8, 4) is 0 Å². The Hall–Kier alpha value is -1.67. The maximum absolute atomic E-state index is 13.4. The lowest BCUT2D eigenvalue weighted by Crippen LogP contribution is -2.42. The lowest BCUT2D eigenvalue weighted by Gasteiger charge is -2.36. The number of nitrogens with zero attached hydrogens (tertiary/aromatic N) is 4. The van der Waals surface area contributed by atoms with Crippen molar-refractivity contribution in [2.45, 2.75) is 45.4 Å². The first-order valence-corrected chi connectivity index (χ1v) is 11.7. The maximum atomic E-state index is 13.4. The molecule has 0 aliphatic carbocycles. The highest BCUT2D eigenvalue weighted by Crippen LogP contribution is 2.35. The van der Waals surface area contributed by atoms with Gasteiger partial charge in [-0.15, -0.1) is 0 Å². The molecule has 0 saturated carbocycles. The summed E-state index contributed by atoms with van der Waals surface area (Å²) in [5, 5.41) is 8.08. The third-order valence-electron chi connectivity index (χ3n) is 6.02. The zero-order valence-electron chi connectivity index (χ0n) is 17.1. The van der Waals surface area contributed by atoms with E-state index >= 15 is 0 Å². The molecule has 1 aromatic carbocycles. The predicted octanol–water partition coefficient (Wildman–Crippen LogP) is 3.37. The summed E-state index contributed by atoms with van der Waals surface area (Å²) in [6, 6.07) is 3.56. The van der Waals surface area contributed by atoms with Crippen LogP contribution in [0.2, 0.25) is 0 Å². The Bertz CT molecular complexity index is 938. The van der Waals surface area contributed by atoms with Crippen molar-refractivity contribution < 1.29 is 13.0 Å². The van der Waals surface area contributed by atoms with E-state index in [1.807, 2.05) is 6.07 Å². The standard InChI is InChI=1S/C20H30N4O3S/c1-13-7-14(2)10-23(9-13)17-5-6-18(20-19(17)21-27-22-20)28(25,26)24-11-15(3)8-16(4)12-24/h5-6,13-16H,7-12H2,1-4H3/t13-,14-,15-,16+/m1/s1. The SMILES string of the molecule is C[C@@H]1C[C@@H](C)CN(c2ccc(S(=O)(=O)N3C[C@H](C)C[C@H](C)C3)c3nonc23)C1. The molecule has 28 heavy (non-hydrogen) atoms. The van der Waals surface area contributed by atoms with Crippen LogP contribution >= 0.6 is 0 Å². The van der Waals surface area contributed by atoms with Crippen LogP contribution in [0.1, 0.15) is 40.5 Å². The van der Waals surface area contributed by atoms with E-state index in [0.717, 1.165) is 25.2 Å². The second kappa shape index (κ2) is 7.30. The maximum Gasteiger partial charge on any atom is 0.245 e. The Morgan fingerprint density at radius 1 is 0.857 bits per heavy atom. The van der Waals surface area contributed by atoms with Crippen molar-refractivity contribution in [1.29, 1.82) is 0 Å². The number of rotatable bonds is 3. The van der Waals surface area contributed by atoms with Gasteiger partial charge >= 0.3 is 0 Å². The summed E-state index contributed by atoms with van der Waals surface area (Å²) in [5.74, 6) is 1.86. The fraction of sp³-hybridized carbons (Fsp3) is 0.700. The number of anilines is 1. The van der Waals surface area contributed by atoms with Gasteiger partial charge in [0.25, 0.3) is 0 Å². The molecule has 0 amide bonds. The molecule has 0 unspecified atom stereocenters. The smallest absolute Gasteiger partial charge is 0.245 e. The van der Waals surface area contributed by atoms with Gasteiger partial charge < -0.3 is 4.90 Å². The van der Waals surface area contributed by atoms with Crippen molar-refractivity contribution in [2.24, 2.45) is 23.7 Å². The van der Waals surface area contributed by atoms with E-state index in [1.54, 1.807) is 10.4 Å². The van der Waals surface area contributed by atoms with Gasteiger partial charge in [-0.3, -0.25) is 0 Å². The molecule has 2 fully saturated rings. The van der Waals surface area contributed by atoms with Gasteiger partial charge in [0.2, 0.25) is 10.0 Å². The molecule has 4 rings (SSSR count). The van der Waals surface area contributed by atoms with E-state index < -0.39 is 10.0 Å². The summed E-state index contributed by atoms with van der Waals surface area (Å²) in [4.78, 5) is 2.49. The van der Waals surface area contributed by atoms with E-state index in [4.69, 9.17) is 4.63 Å². The Labute approximate surface area is 167 Å². The van der Waals surface area contributed by atoms with Crippen LogP contribution in [-0.2, 0) is 10.0 Å². The summed E-state index contributed by atoms with van der Waals surface area (Å²) in [7, 11) is -3.64. The molecule has 0 N–H and O–H groups in total. The molecule has 1 aromatic heterocycles. The zero-order valence-corrected chi connectivity index (χ0v) is 17.9. The summed E-state index contributed by atoms with van der Waals surface area (Å²) >= 11 is 0. The molecule has 8 heteroatoms. The summed E-state index contributed by atoms with van der Waals surface area (Å²) in [5.41, 5.74) is 1.80. The number of hydrogen-bond donors (Lipinski definition) is 0. The van der Waals surface area contributed by atoms with Crippen LogP contribution in [0, 0.1) is 23.7 Å². The van der Waals surface area contributed by atoms with Gasteiger partial charge in [-0.05, 0) is 59.0 Å². The Kier molecular flexibility index (Phi) is 5.12. The second-order valence-corrected chi connectivity index (χ2v) is 11.1. The van der Waals surface area contributed by atoms with Crippen LogP contribution in [0.4, 0.5) is 5.69 Å². The van der Waals surface area contributed by atoms with Crippen LogP contribution < -0.4 is 4.90 Å². The molecule has 3 heterocycles. The van der Waals surface area contributed by atoms with Gasteiger partial charge in [0, 0.05) is 26.2 Å². The van der Waals surface area contributed by atoms with Crippen molar-refractivity contribution in [3.05, 3.63) is 12.1 Å². The van der Waals surface area contributed by atoms with Crippen LogP contribution in [0.25, 0.3) is 11.0 Å². The number of benzene rings is 1. The van der Waals surface area contributed by atoms with Gasteiger partial charge in [-0.1, -0.05) is 27.7 Å². The van der Waals surface area contributed by atoms with Gasteiger partial charge in [0.05, 0.1) is 5.69 Å². The Balaban J connectivity index is 1.73. The zero-order chi connectivity index (χ0) is 20.1. The number of sulfonamides is 1. The largest absolute Gasteiger partial charge is 0.369 e. The second-order valence-electron chi connectivity index (χ2n) is 9.16. The van der Waals surface area contributed by atoms with E-state index in [0.29, 0.717) is 47.8 Å². The van der Waals surface area contributed by atoms with Gasteiger partial charge in [0.1, 0.15) is 4.90 Å². The van der Waals surface area contributed by atoms with Crippen molar-refractivity contribution in [2.75, 3.05) is 31.1 Å². The molecule has 2 aliphatic rings. The first-order valence-electron chi connectivity index (χ1n) is 10.3. The van der Waals surface area contributed by atoms with Gasteiger partial charge in [-0.25, -0.2) is 13.0 Å². The van der Waals surface area contributed by atoms with Crippen molar-refractivity contribution >= 4 is 26.7 Å². The Morgan fingerprint density at radius 3 is 2.00 bits per heavy atom.